The van der Waals surface area contributed by atoms with Crippen LogP contribution < -0.4 is 10.2 Å². The second-order valence-corrected chi connectivity index (χ2v) is 10.7. The lowest BCUT2D eigenvalue weighted by atomic mass is 10.1. The van der Waals surface area contributed by atoms with Crippen molar-refractivity contribution in [3.8, 4) is 6.07 Å². The van der Waals surface area contributed by atoms with E-state index in [2.05, 4.69) is 11.4 Å². The van der Waals surface area contributed by atoms with Crippen LogP contribution in [0.3, 0.4) is 0 Å². The molecule has 11 heteroatoms. The standard InChI is InChI=1S/C28H22F3N5OS2/c1-3-33-20-13-12-17(15-32)14-21(20)34-27-36(16-18-8-4-5-9-19(18)28(29,30)31)25(37)24(39-27)26-35(2)22-10-6-7-11-23(22)38-26/h4-14,33H,3,16H2,1-2H3/b26-24-,34-27?. The van der Waals surface area contributed by atoms with Gasteiger partial charge in [-0.2, -0.15) is 18.4 Å². The minimum absolute atomic E-state index is 0.0358. The summed E-state index contributed by atoms with van der Waals surface area (Å²) in [6.07, 6.45) is -4.58. The summed E-state index contributed by atoms with van der Waals surface area (Å²) < 4.78 is 41.4. The van der Waals surface area contributed by atoms with E-state index in [1.807, 2.05) is 43.1 Å². The first-order valence-corrected chi connectivity index (χ1v) is 13.6. The van der Waals surface area contributed by atoms with Gasteiger partial charge in [-0.1, -0.05) is 42.1 Å². The molecule has 3 aromatic rings. The van der Waals surface area contributed by atoms with Crippen molar-refractivity contribution in [3.63, 3.8) is 0 Å². The third-order valence-corrected chi connectivity index (χ3v) is 8.59. The van der Waals surface area contributed by atoms with Gasteiger partial charge in [-0.3, -0.25) is 9.69 Å². The number of anilines is 2. The van der Waals surface area contributed by atoms with Crippen LogP contribution in [0.1, 0.15) is 23.6 Å². The molecule has 5 rings (SSSR count). The first-order chi connectivity index (χ1) is 18.7. The number of nitriles is 1. The van der Waals surface area contributed by atoms with Gasteiger partial charge >= 0.3 is 6.18 Å². The monoisotopic (exact) mass is 565 g/mol. The number of hydrogen-bond donors (Lipinski definition) is 1. The predicted molar refractivity (Wildman–Crippen MR) is 150 cm³/mol. The highest BCUT2D eigenvalue weighted by Gasteiger charge is 2.41. The lowest BCUT2D eigenvalue weighted by molar-refractivity contribution is -0.138. The fraction of sp³-hybridized carbons (Fsp3) is 0.179. The Morgan fingerprint density at radius 2 is 1.79 bits per heavy atom. The van der Waals surface area contributed by atoms with Crippen molar-refractivity contribution in [1.82, 2.24) is 4.90 Å². The van der Waals surface area contributed by atoms with Crippen LogP contribution in [0.4, 0.5) is 30.2 Å². The van der Waals surface area contributed by atoms with E-state index in [4.69, 9.17) is 4.99 Å². The molecule has 0 bridgehead atoms. The molecule has 0 spiro atoms. The Labute approximate surface area is 232 Å². The number of amidine groups is 1. The summed E-state index contributed by atoms with van der Waals surface area (Å²) in [6, 6.07) is 20.0. The molecule has 0 saturated carbocycles. The molecule has 1 saturated heterocycles. The molecule has 0 radical (unpaired) electrons. The molecule has 198 valence electrons. The van der Waals surface area contributed by atoms with E-state index in [0.717, 1.165) is 28.4 Å². The van der Waals surface area contributed by atoms with Gasteiger partial charge in [-0.15, -0.1) is 0 Å². The van der Waals surface area contributed by atoms with E-state index in [9.17, 15) is 23.2 Å². The van der Waals surface area contributed by atoms with Crippen LogP contribution in [0.2, 0.25) is 0 Å². The number of fused-ring (bicyclic) bond motifs is 1. The molecule has 1 fully saturated rings. The Morgan fingerprint density at radius 3 is 2.51 bits per heavy atom. The molecule has 0 atom stereocenters. The van der Waals surface area contributed by atoms with E-state index in [0.29, 0.717) is 33.4 Å². The number of rotatable bonds is 5. The molecule has 3 aromatic carbocycles. The van der Waals surface area contributed by atoms with Crippen LogP contribution in [0, 0.1) is 11.3 Å². The average molecular weight is 566 g/mol. The highest BCUT2D eigenvalue weighted by molar-refractivity contribution is 8.19. The summed E-state index contributed by atoms with van der Waals surface area (Å²) in [5.74, 6) is -0.431. The van der Waals surface area contributed by atoms with Crippen LogP contribution in [-0.2, 0) is 17.5 Å². The van der Waals surface area contributed by atoms with E-state index >= 15 is 0 Å². The van der Waals surface area contributed by atoms with E-state index in [1.165, 1.54) is 34.9 Å². The number of thioether (sulfide) groups is 2. The Morgan fingerprint density at radius 1 is 1.05 bits per heavy atom. The van der Waals surface area contributed by atoms with Crippen LogP contribution >= 0.6 is 23.5 Å². The normalized spacial score (nSPS) is 18.1. The third-order valence-electron chi connectivity index (χ3n) is 6.16. The smallest absolute Gasteiger partial charge is 0.384 e. The summed E-state index contributed by atoms with van der Waals surface area (Å²) in [7, 11) is 1.85. The maximum Gasteiger partial charge on any atom is 0.416 e. The highest BCUT2D eigenvalue weighted by atomic mass is 32.2. The first kappa shape index (κ1) is 26.7. The van der Waals surface area contributed by atoms with E-state index in [-0.39, 0.29) is 17.3 Å². The lowest BCUT2D eigenvalue weighted by Crippen LogP contribution is -2.30. The van der Waals surface area contributed by atoms with Crippen LogP contribution in [-0.4, -0.2) is 29.6 Å². The third kappa shape index (κ3) is 5.22. The molecule has 1 amide bonds. The molecule has 0 unspecified atom stereocenters. The maximum absolute atomic E-state index is 13.9. The number of benzene rings is 3. The van der Waals surface area contributed by atoms with Crippen molar-refractivity contribution < 1.29 is 18.0 Å². The van der Waals surface area contributed by atoms with Gasteiger partial charge < -0.3 is 10.2 Å². The molecule has 2 heterocycles. The Hall–Kier alpha value is -3.88. The zero-order valence-electron chi connectivity index (χ0n) is 20.9. The van der Waals surface area contributed by atoms with Gasteiger partial charge in [0.15, 0.2) is 5.17 Å². The maximum atomic E-state index is 13.9. The van der Waals surface area contributed by atoms with Crippen molar-refractivity contribution >= 4 is 51.7 Å². The van der Waals surface area contributed by atoms with Gasteiger partial charge in [0.1, 0.15) is 4.91 Å². The number of nitrogens with one attached hydrogen (secondary N) is 1. The molecule has 2 aliphatic heterocycles. The van der Waals surface area contributed by atoms with Crippen LogP contribution in [0.5, 0.6) is 0 Å². The molecular weight excluding hydrogens is 543 g/mol. The van der Waals surface area contributed by atoms with Crippen molar-refractivity contribution in [2.75, 3.05) is 23.8 Å². The fourth-order valence-electron chi connectivity index (χ4n) is 4.30. The summed E-state index contributed by atoms with van der Waals surface area (Å²) in [5, 5.41) is 13.5. The van der Waals surface area contributed by atoms with Crippen molar-refractivity contribution in [3.05, 3.63) is 93.4 Å². The topological polar surface area (TPSA) is 71.7 Å². The van der Waals surface area contributed by atoms with Gasteiger partial charge in [0.2, 0.25) is 0 Å². The van der Waals surface area contributed by atoms with Crippen molar-refractivity contribution in [2.24, 2.45) is 4.99 Å². The molecule has 6 nitrogen and oxygen atoms in total. The number of hydrogen-bond acceptors (Lipinski definition) is 7. The zero-order chi connectivity index (χ0) is 27.7. The second kappa shape index (κ2) is 10.7. The summed E-state index contributed by atoms with van der Waals surface area (Å²) in [4.78, 5) is 23.1. The van der Waals surface area contributed by atoms with Gasteiger partial charge in [0, 0.05) is 18.5 Å². The predicted octanol–water partition coefficient (Wildman–Crippen LogP) is 7.18. The number of nitrogens with zero attached hydrogens (tertiary/aromatic N) is 4. The van der Waals surface area contributed by atoms with E-state index in [1.54, 1.807) is 18.2 Å². The fourth-order valence-corrected chi connectivity index (χ4v) is 6.64. The number of para-hydroxylation sites is 1. The van der Waals surface area contributed by atoms with E-state index < -0.39 is 17.6 Å². The molecule has 39 heavy (non-hydrogen) atoms. The number of halogens is 3. The number of alkyl halides is 3. The number of aliphatic imine (C=N–C) groups is 1. The molecular formula is C28H22F3N5OS2. The highest BCUT2D eigenvalue weighted by Crippen LogP contribution is 2.50. The van der Waals surface area contributed by atoms with Gasteiger partial charge in [0.05, 0.1) is 45.8 Å². The molecule has 0 aliphatic carbocycles. The molecule has 1 N–H and O–H groups in total. The largest absolute Gasteiger partial charge is 0.416 e. The van der Waals surface area contributed by atoms with Crippen molar-refractivity contribution in [2.45, 2.75) is 24.5 Å². The van der Waals surface area contributed by atoms with Crippen LogP contribution in [0.15, 0.2) is 86.6 Å². The summed E-state index contributed by atoms with van der Waals surface area (Å²) >= 11 is 2.55. The van der Waals surface area contributed by atoms with Gasteiger partial charge in [-0.25, -0.2) is 4.99 Å². The quantitative estimate of drug-likeness (QED) is 0.331. The minimum Gasteiger partial charge on any atom is -0.384 e. The average Bonchev–Trinajstić information content (AvgIpc) is 3.41. The van der Waals surface area contributed by atoms with Crippen LogP contribution in [0.25, 0.3) is 0 Å². The first-order valence-electron chi connectivity index (χ1n) is 12.0. The Bertz CT molecular complexity index is 1560. The Balaban J connectivity index is 1.63. The number of carbonyl (C=O) groups excluding carboxylic acids is 1. The molecule has 2 aliphatic rings. The number of amides is 1. The van der Waals surface area contributed by atoms with Crippen molar-refractivity contribution in [1.29, 1.82) is 5.26 Å². The minimum atomic E-state index is -4.58. The summed E-state index contributed by atoms with van der Waals surface area (Å²) in [5.41, 5.74) is 1.54. The zero-order valence-corrected chi connectivity index (χ0v) is 22.5. The lowest BCUT2D eigenvalue weighted by Gasteiger charge is -2.20. The van der Waals surface area contributed by atoms with Gasteiger partial charge in [0.25, 0.3) is 5.91 Å². The SMILES string of the molecule is CCNc1ccc(C#N)cc1N=C1S/C(=C2\Sc3ccccc3N2C)C(=O)N1Cc1ccccc1C(F)(F)F. The molecule has 0 aromatic heterocycles. The second-order valence-electron chi connectivity index (χ2n) is 8.68. The number of carbonyl (C=O) groups is 1. The Kier molecular flexibility index (Phi) is 7.34. The van der Waals surface area contributed by atoms with Gasteiger partial charge in [-0.05, 0) is 60.6 Å². The summed E-state index contributed by atoms with van der Waals surface area (Å²) in [6.45, 7) is 2.19.